The average molecular weight is 241 g/mol. The van der Waals surface area contributed by atoms with E-state index < -0.39 is 0 Å². The number of hydrogen-bond acceptors (Lipinski definition) is 4. The Kier molecular flexibility index (Phi) is 7.05. The monoisotopic (exact) mass is 241 g/mol. The maximum Gasteiger partial charge on any atom is 0.118 e. The van der Waals surface area contributed by atoms with E-state index >= 15 is 0 Å². The average Bonchev–Trinajstić information content (AvgIpc) is 2.34. The molecule has 0 spiro atoms. The maximum absolute atomic E-state index is 5.10. The third-order valence-electron chi connectivity index (χ3n) is 2.09. The molecule has 0 bridgehead atoms. The first-order valence-corrected chi connectivity index (χ1v) is 6.32. The van der Waals surface area contributed by atoms with Gasteiger partial charge in [0, 0.05) is 30.8 Å². The van der Waals surface area contributed by atoms with Crippen molar-refractivity contribution in [1.29, 1.82) is 0 Å². The highest BCUT2D eigenvalue weighted by atomic mass is 32.2. The lowest BCUT2D eigenvalue weighted by Gasteiger charge is -2.05. The van der Waals surface area contributed by atoms with Crippen molar-refractivity contribution in [3.63, 3.8) is 0 Å². The third-order valence-corrected chi connectivity index (χ3v) is 3.10. The minimum absolute atomic E-state index is 0.771. The smallest absolute Gasteiger partial charge is 0.118 e. The molecule has 0 unspecified atom stereocenters. The number of thioether (sulfide) groups is 1. The Morgan fingerprint density at radius 3 is 2.50 bits per heavy atom. The van der Waals surface area contributed by atoms with Crippen LogP contribution in [0.2, 0.25) is 0 Å². The van der Waals surface area contributed by atoms with Crippen molar-refractivity contribution in [1.82, 2.24) is 5.32 Å². The lowest BCUT2D eigenvalue weighted by molar-refractivity contribution is 0.200. The predicted molar refractivity (Wildman–Crippen MR) is 68.5 cm³/mol. The molecule has 3 nitrogen and oxygen atoms in total. The first-order chi connectivity index (χ1) is 7.86. The molecule has 1 aromatic rings. The number of methoxy groups -OCH3 is 2. The maximum atomic E-state index is 5.10. The molecule has 1 rings (SSSR count). The molecule has 0 fully saturated rings. The lowest BCUT2D eigenvalue weighted by Crippen LogP contribution is -2.21. The molecule has 0 amide bonds. The summed E-state index contributed by atoms with van der Waals surface area (Å²) in [5.41, 5.74) is 0. The van der Waals surface area contributed by atoms with E-state index in [2.05, 4.69) is 17.4 Å². The summed E-state index contributed by atoms with van der Waals surface area (Å²) in [5.74, 6) is 1.97. The second kappa shape index (κ2) is 8.44. The molecule has 0 atom stereocenters. The zero-order valence-electron chi connectivity index (χ0n) is 9.86. The van der Waals surface area contributed by atoms with Crippen LogP contribution >= 0.6 is 11.8 Å². The quantitative estimate of drug-likeness (QED) is 0.557. The van der Waals surface area contributed by atoms with E-state index in [-0.39, 0.29) is 0 Å². The molecule has 0 saturated heterocycles. The topological polar surface area (TPSA) is 30.5 Å². The summed E-state index contributed by atoms with van der Waals surface area (Å²) in [6.45, 7) is 2.69. The van der Waals surface area contributed by atoms with Crippen molar-refractivity contribution in [2.45, 2.75) is 4.90 Å². The Hall–Kier alpha value is -0.710. The van der Waals surface area contributed by atoms with Gasteiger partial charge >= 0.3 is 0 Å². The summed E-state index contributed by atoms with van der Waals surface area (Å²) in [6.07, 6.45) is 0. The first kappa shape index (κ1) is 13.4. The number of hydrogen-bond donors (Lipinski definition) is 1. The van der Waals surface area contributed by atoms with Gasteiger partial charge in [-0.05, 0) is 24.3 Å². The molecule has 0 aliphatic carbocycles. The molecule has 1 aromatic carbocycles. The van der Waals surface area contributed by atoms with Crippen LogP contribution in [0.1, 0.15) is 0 Å². The van der Waals surface area contributed by atoms with Crippen LogP contribution in [0.4, 0.5) is 0 Å². The van der Waals surface area contributed by atoms with E-state index in [1.165, 1.54) is 4.90 Å². The van der Waals surface area contributed by atoms with Crippen LogP contribution < -0.4 is 10.1 Å². The SMILES string of the molecule is COCCNCCSc1ccc(OC)cc1. The molecule has 0 aromatic heterocycles. The predicted octanol–water partition coefficient (Wildman–Crippen LogP) is 2.02. The van der Waals surface area contributed by atoms with E-state index in [0.717, 1.165) is 31.2 Å². The van der Waals surface area contributed by atoms with Gasteiger partial charge in [0.1, 0.15) is 5.75 Å². The number of ether oxygens (including phenoxy) is 2. The number of nitrogens with one attached hydrogen (secondary N) is 1. The lowest BCUT2D eigenvalue weighted by atomic mass is 10.3. The summed E-state index contributed by atoms with van der Waals surface area (Å²) in [7, 11) is 3.40. The van der Waals surface area contributed by atoms with Gasteiger partial charge in [-0.25, -0.2) is 0 Å². The third kappa shape index (κ3) is 5.39. The van der Waals surface area contributed by atoms with Crippen LogP contribution in [-0.4, -0.2) is 39.7 Å². The summed E-state index contributed by atoms with van der Waals surface area (Å²) < 4.78 is 10.1. The van der Waals surface area contributed by atoms with Gasteiger partial charge in [0.2, 0.25) is 0 Å². The molecule has 0 aliphatic heterocycles. The van der Waals surface area contributed by atoms with E-state index in [1.807, 2.05) is 23.9 Å². The van der Waals surface area contributed by atoms with Gasteiger partial charge in [0.15, 0.2) is 0 Å². The Morgan fingerprint density at radius 2 is 1.88 bits per heavy atom. The van der Waals surface area contributed by atoms with Gasteiger partial charge < -0.3 is 14.8 Å². The molecule has 90 valence electrons. The molecule has 4 heteroatoms. The van der Waals surface area contributed by atoms with Crippen LogP contribution in [-0.2, 0) is 4.74 Å². The minimum atomic E-state index is 0.771. The zero-order chi connectivity index (χ0) is 11.6. The molecule has 0 aliphatic rings. The van der Waals surface area contributed by atoms with Crippen LogP contribution in [0.5, 0.6) is 5.75 Å². The molecular weight excluding hydrogens is 222 g/mol. The summed E-state index contributed by atoms with van der Waals surface area (Å²) in [5, 5.41) is 3.31. The highest BCUT2D eigenvalue weighted by molar-refractivity contribution is 7.99. The van der Waals surface area contributed by atoms with E-state index in [9.17, 15) is 0 Å². The number of rotatable bonds is 8. The Balaban J connectivity index is 2.12. The van der Waals surface area contributed by atoms with E-state index in [0.29, 0.717) is 0 Å². The molecular formula is C12H19NO2S. The Bertz CT molecular complexity index is 277. The van der Waals surface area contributed by atoms with Crippen molar-refractivity contribution < 1.29 is 9.47 Å². The molecule has 16 heavy (non-hydrogen) atoms. The van der Waals surface area contributed by atoms with Gasteiger partial charge in [0.25, 0.3) is 0 Å². The summed E-state index contributed by atoms with van der Waals surface area (Å²) in [6, 6.07) is 8.14. The fourth-order valence-electron chi connectivity index (χ4n) is 1.21. The van der Waals surface area contributed by atoms with Gasteiger partial charge in [-0.2, -0.15) is 0 Å². The molecule has 0 radical (unpaired) electrons. The van der Waals surface area contributed by atoms with Gasteiger partial charge in [0.05, 0.1) is 13.7 Å². The standard InChI is InChI=1S/C12H19NO2S/c1-14-9-7-13-8-10-16-12-5-3-11(15-2)4-6-12/h3-6,13H,7-10H2,1-2H3. The highest BCUT2D eigenvalue weighted by Crippen LogP contribution is 2.20. The second-order valence-corrected chi connectivity index (χ2v) is 4.44. The first-order valence-electron chi connectivity index (χ1n) is 5.33. The van der Waals surface area contributed by atoms with E-state index in [1.54, 1.807) is 14.2 Å². The number of benzene rings is 1. The van der Waals surface area contributed by atoms with Crippen molar-refractivity contribution in [2.75, 3.05) is 39.7 Å². The largest absolute Gasteiger partial charge is 0.497 e. The highest BCUT2D eigenvalue weighted by Gasteiger charge is 1.95. The Labute approximate surface area is 102 Å². The van der Waals surface area contributed by atoms with Gasteiger partial charge in [-0.15, -0.1) is 11.8 Å². The zero-order valence-corrected chi connectivity index (χ0v) is 10.7. The van der Waals surface area contributed by atoms with Crippen molar-refractivity contribution in [3.05, 3.63) is 24.3 Å². The van der Waals surface area contributed by atoms with E-state index in [4.69, 9.17) is 9.47 Å². The fourth-order valence-corrected chi connectivity index (χ4v) is 2.02. The van der Waals surface area contributed by atoms with Crippen molar-refractivity contribution in [3.8, 4) is 5.75 Å². The van der Waals surface area contributed by atoms with Crippen molar-refractivity contribution in [2.24, 2.45) is 0 Å². The Morgan fingerprint density at radius 1 is 1.12 bits per heavy atom. The fraction of sp³-hybridized carbons (Fsp3) is 0.500. The van der Waals surface area contributed by atoms with Crippen LogP contribution in [0.3, 0.4) is 0 Å². The van der Waals surface area contributed by atoms with Crippen LogP contribution in [0, 0.1) is 0 Å². The van der Waals surface area contributed by atoms with Crippen LogP contribution in [0.15, 0.2) is 29.2 Å². The van der Waals surface area contributed by atoms with Crippen molar-refractivity contribution >= 4 is 11.8 Å². The summed E-state index contributed by atoms with van der Waals surface area (Å²) in [4.78, 5) is 1.27. The van der Waals surface area contributed by atoms with Gasteiger partial charge in [-0.3, -0.25) is 0 Å². The van der Waals surface area contributed by atoms with Gasteiger partial charge in [-0.1, -0.05) is 0 Å². The second-order valence-electron chi connectivity index (χ2n) is 3.27. The summed E-state index contributed by atoms with van der Waals surface area (Å²) >= 11 is 1.84. The molecule has 0 heterocycles. The normalized spacial score (nSPS) is 10.4. The molecule has 1 N–H and O–H groups in total. The minimum Gasteiger partial charge on any atom is -0.497 e. The van der Waals surface area contributed by atoms with Crippen LogP contribution in [0.25, 0.3) is 0 Å². The molecule has 0 saturated carbocycles.